The molecule has 8 aromatic rings. The minimum absolute atomic E-state index is 0.0352. The lowest BCUT2D eigenvalue weighted by Crippen LogP contribution is -2.49. The average Bonchev–Trinajstić information content (AvgIpc) is 1.03. The molecular weight excluding hydrogens is 1150 g/mol. The van der Waals surface area contributed by atoms with Gasteiger partial charge in [-0.05, 0) is 106 Å². The van der Waals surface area contributed by atoms with Crippen LogP contribution in [0.3, 0.4) is 0 Å². The molecule has 6 aromatic carbocycles. The molecule has 16 heteroatoms. The molecule has 0 aliphatic heterocycles. The molecule has 0 spiro atoms. The van der Waals surface area contributed by atoms with Gasteiger partial charge in [-0.1, -0.05) is 204 Å². The SMILES string of the molecule is CCCCCCCOc1ccc(-c2cnc(-c3ccc(C[C@H](NC(=O)c4ccc(C(C)(C)C)cc4)C(=O)NCC(=O)O)cc3)nc2)cc1.CCCCCCCOc1ccc(-c2cnc(-c3ccc(C[C@H](NC(=O)c4ccc(C(C)(C)C)cc4)C(=O)O)cc3)nc2)cc1. The number of carboxylic acids is 2. The lowest BCUT2D eigenvalue weighted by atomic mass is 9.86. The van der Waals surface area contributed by atoms with Crippen LogP contribution in [0.2, 0.25) is 0 Å². The first kappa shape index (κ1) is 69.9. The fourth-order valence-electron chi connectivity index (χ4n) is 10.0. The van der Waals surface area contributed by atoms with Gasteiger partial charge in [0.1, 0.15) is 30.1 Å². The van der Waals surface area contributed by atoms with Crippen LogP contribution in [-0.2, 0) is 38.1 Å². The number of amides is 3. The van der Waals surface area contributed by atoms with Crippen molar-refractivity contribution in [1.82, 2.24) is 35.9 Å². The van der Waals surface area contributed by atoms with Crippen LogP contribution in [0.1, 0.15) is 163 Å². The number of hydrogen-bond donors (Lipinski definition) is 5. The Bertz CT molecular complexity index is 3600. The summed E-state index contributed by atoms with van der Waals surface area (Å²) in [4.78, 5) is 80.1. The highest BCUT2D eigenvalue weighted by Crippen LogP contribution is 2.28. The molecule has 16 nitrogen and oxygen atoms in total. The number of benzene rings is 6. The third-order valence-electron chi connectivity index (χ3n) is 15.7. The van der Waals surface area contributed by atoms with Gasteiger partial charge in [0.05, 0.1) is 13.2 Å². The smallest absolute Gasteiger partial charge is 0.326 e. The number of rotatable bonds is 30. The fraction of sp³-hybridized carbons (Fsp3) is 0.355. The summed E-state index contributed by atoms with van der Waals surface area (Å²) in [5.74, 6) is -0.836. The second-order valence-electron chi connectivity index (χ2n) is 25.1. The monoisotopic (exact) mass is 1240 g/mol. The van der Waals surface area contributed by atoms with Crippen LogP contribution in [0.4, 0.5) is 0 Å². The molecule has 482 valence electrons. The molecule has 3 amide bonds. The molecule has 0 aliphatic carbocycles. The highest BCUT2D eigenvalue weighted by molar-refractivity contribution is 5.98. The maximum atomic E-state index is 13.1. The van der Waals surface area contributed by atoms with Crippen LogP contribution in [0.5, 0.6) is 11.5 Å². The number of aromatic nitrogens is 4. The van der Waals surface area contributed by atoms with Crippen molar-refractivity contribution in [2.75, 3.05) is 19.8 Å². The zero-order valence-corrected chi connectivity index (χ0v) is 54.5. The van der Waals surface area contributed by atoms with E-state index < -0.39 is 48.3 Å². The number of nitrogens with one attached hydrogen (secondary N) is 3. The number of hydrogen-bond acceptors (Lipinski definition) is 11. The predicted molar refractivity (Wildman–Crippen MR) is 363 cm³/mol. The summed E-state index contributed by atoms with van der Waals surface area (Å²) in [5, 5.41) is 26.7. The molecule has 5 N–H and O–H groups in total. The Hall–Kier alpha value is -9.57. The van der Waals surface area contributed by atoms with Crippen molar-refractivity contribution < 1.29 is 43.7 Å². The summed E-state index contributed by atoms with van der Waals surface area (Å²) in [5.41, 5.74) is 9.88. The largest absolute Gasteiger partial charge is 0.494 e. The lowest BCUT2D eigenvalue weighted by molar-refractivity contribution is -0.139. The predicted octanol–water partition coefficient (Wildman–Crippen LogP) is 14.9. The van der Waals surface area contributed by atoms with E-state index in [0.717, 1.165) is 93.2 Å². The molecule has 2 aromatic heterocycles. The molecule has 2 heterocycles. The van der Waals surface area contributed by atoms with E-state index in [1.54, 1.807) is 49.1 Å². The van der Waals surface area contributed by atoms with E-state index in [9.17, 15) is 29.1 Å². The summed E-state index contributed by atoms with van der Waals surface area (Å²) in [6.07, 6.45) is 19.5. The van der Waals surface area contributed by atoms with Gasteiger partial charge in [0.15, 0.2) is 11.6 Å². The molecule has 0 saturated heterocycles. The fourth-order valence-corrected chi connectivity index (χ4v) is 10.0. The van der Waals surface area contributed by atoms with Crippen molar-refractivity contribution in [3.63, 3.8) is 0 Å². The summed E-state index contributed by atoms with van der Waals surface area (Å²) >= 11 is 0. The van der Waals surface area contributed by atoms with Gasteiger partial charge < -0.3 is 35.6 Å². The van der Waals surface area contributed by atoms with E-state index in [0.29, 0.717) is 22.8 Å². The lowest BCUT2D eigenvalue weighted by Gasteiger charge is -2.20. The van der Waals surface area contributed by atoms with Gasteiger partial charge in [0.25, 0.3) is 11.8 Å². The zero-order valence-electron chi connectivity index (χ0n) is 54.5. The van der Waals surface area contributed by atoms with Gasteiger partial charge in [-0.15, -0.1) is 0 Å². The molecule has 0 unspecified atom stereocenters. The molecule has 92 heavy (non-hydrogen) atoms. The second kappa shape index (κ2) is 34.6. The molecule has 0 radical (unpaired) electrons. The Morgan fingerprint density at radius 2 is 0.772 bits per heavy atom. The minimum Gasteiger partial charge on any atom is -0.494 e. The first-order valence-electron chi connectivity index (χ1n) is 32.0. The first-order valence-corrected chi connectivity index (χ1v) is 32.0. The standard InChI is InChI=1S/C39H46N4O5.C37H43N3O4/c1-5-6-7-8-9-22-48-33-20-16-28(17-21-33)31-24-40-36(41-25-31)29-12-10-27(11-13-29)23-34(38(47)42-26-35(44)45)43-37(46)30-14-18-32(19-15-30)39(2,3)4;1-5-6-7-8-9-22-44-32-20-16-27(17-21-32)30-24-38-34(39-25-30)28-12-10-26(11-13-28)23-33(36(42)43)40-35(41)29-14-18-31(19-15-29)37(2,3)4/h10-21,24-25,34H,5-9,22-23,26H2,1-4H3,(H,42,47)(H,43,46)(H,44,45);10-21,24-25,33H,5-9,22-23H2,1-4H3,(H,40,41)(H,42,43)/t34-;33-/m00/s1. The third-order valence-corrected chi connectivity index (χ3v) is 15.7. The normalized spacial score (nSPS) is 11.9. The average molecular weight is 1240 g/mol. The molecule has 0 bridgehead atoms. The van der Waals surface area contributed by atoms with Crippen molar-refractivity contribution in [2.45, 2.75) is 155 Å². The Balaban J connectivity index is 0.000000262. The quantitative estimate of drug-likeness (QED) is 0.0264. The van der Waals surface area contributed by atoms with Crippen molar-refractivity contribution in [3.05, 3.63) is 204 Å². The molecule has 0 fully saturated rings. The van der Waals surface area contributed by atoms with Crippen LogP contribution >= 0.6 is 0 Å². The second-order valence-corrected chi connectivity index (χ2v) is 25.1. The highest BCUT2D eigenvalue weighted by atomic mass is 16.5. The number of unbranched alkanes of at least 4 members (excludes halogenated alkanes) is 8. The van der Waals surface area contributed by atoms with Crippen molar-refractivity contribution in [1.29, 1.82) is 0 Å². The number of ether oxygens (including phenoxy) is 2. The number of carbonyl (C=O) groups is 5. The molecular formula is C76H89N7O9. The van der Waals surface area contributed by atoms with Crippen molar-refractivity contribution >= 4 is 29.7 Å². The van der Waals surface area contributed by atoms with Gasteiger partial charge in [0.2, 0.25) is 5.91 Å². The van der Waals surface area contributed by atoms with Crippen LogP contribution in [0, 0.1) is 0 Å². The molecule has 0 aliphatic rings. The third kappa shape index (κ3) is 22.1. The van der Waals surface area contributed by atoms with Crippen molar-refractivity contribution in [2.24, 2.45) is 0 Å². The van der Waals surface area contributed by atoms with Gasteiger partial charge >= 0.3 is 11.9 Å². The van der Waals surface area contributed by atoms with E-state index in [4.69, 9.17) is 14.6 Å². The maximum absolute atomic E-state index is 13.1. The molecule has 8 rings (SSSR count). The van der Waals surface area contributed by atoms with Crippen LogP contribution < -0.4 is 25.4 Å². The number of aliphatic carboxylic acids is 2. The zero-order chi connectivity index (χ0) is 66.0. The maximum Gasteiger partial charge on any atom is 0.326 e. The summed E-state index contributed by atoms with van der Waals surface area (Å²) < 4.78 is 11.7. The van der Waals surface area contributed by atoms with E-state index in [1.807, 2.05) is 121 Å². The number of nitrogens with zero attached hydrogens (tertiary/aromatic N) is 4. The van der Waals surface area contributed by atoms with E-state index in [-0.39, 0.29) is 23.7 Å². The molecule has 0 saturated carbocycles. The Morgan fingerprint density at radius 3 is 1.12 bits per heavy atom. The summed E-state index contributed by atoms with van der Waals surface area (Å²) in [6.45, 7) is 17.9. The van der Waals surface area contributed by atoms with Crippen LogP contribution in [0.15, 0.2) is 170 Å². The highest BCUT2D eigenvalue weighted by Gasteiger charge is 2.25. The number of carboxylic acid groups (broad SMARTS) is 2. The van der Waals surface area contributed by atoms with E-state index in [2.05, 4.69) is 91.3 Å². The first-order chi connectivity index (χ1) is 44.2. The van der Waals surface area contributed by atoms with Gasteiger partial charge in [-0.25, -0.2) is 24.7 Å². The summed E-state index contributed by atoms with van der Waals surface area (Å²) in [6, 6.07) is 43.2. The molecule has 2 atom stereocenters. The topological polar surface area (TPSA) is 232 Å². The van der Waals surface area contributed by atoms with Crippen LogP contribution in [-0.4, -0.2) is 91.7 Å². The Labute approximate surface area is 542 Å². The van der Waals surface area contributed by atoms with Gasteiger partial charge in [-0.3, -0.25) is 19.2 Å². The minimum atomic E-state index is -1.17. The Morgan fingerprint density at radius 1 is 0.424 bits per heavy atom. The van der Waals surface area contributed by atoms with E-state index in [1.165, 1.54) is 51.4 Å². The van der Waals surface area contributed by atoms with Gasteiger partial charge in [-0.2, -0.15) is 0 Å². The summed E-state index contributed by atoms with van der Waals surface area (Å²) in [7, 11) is 0. The van der Waals surface area contributed by atoms with E-state index >= 15 is 0 Å². The van der Waals surface area contributed by atoms with Gasteiger partial charge in [0, 0.05) is 71.0 Å². The Kier molecular flexibility index (Phi) is 26.3. The van der Waals surface area contributed by atoms with Crippen molar-refractivity contribution in [3.8, 4) is 56.5 Å². The number of carbonyl (C=O) groups excluding carboxylic acids is 3. The van der Waals surface area contributed by atoms with Crippen LogP contribution in [0.25, 0.3) is 45.0 Å².